The van der Waals surface area contributed by atoms with Gasteiger partial charge < -0.3 is 26.6 Å². The molecule has 0 fully saturated rings. The third-order valence-electron chi connectivity index (χ3n) is 5.35. The van der Waals surface area contributed by atoms with Crippen molar-refractivity contribution in [1.29, 1.82) is 0 Å². The predicted molar refractivity (Wildman–Crippen MR) is 123 cm³/mol. The number of aliphatic imine (C=N–C) groups is 1. The topological polar surface area (TPSA) is 94.8 Å². The number of carbonyl (C=O) groups excluding carboxylic acids is 1. The summed E-state index contributed by atoms with van der Waals surface area (Å²) >= 11 is 6.46. The van der Waals surface area contributed by atoms with Crippen molar-refractivity contribution < 1.29 is 4.79 Å². The van der Waals surface area contributed by atoms with Crippen molar-refractivity contribution in [3.8, 4) is 0 Å². The van der Waals surface area contributed by atoms with Crippen LogP contribution in [0.1, 0.15) is 27.9 Å². The summed E-state index contributed by atoms with van der Waals surface area (Å²) in [4.78, 5) is 18.9. The Labute approximate surface area is 181 Å². The molecule has 0 saturated carbocycles. The van der Waals surface area contributed by atoms with Crippen LogP contribution in [0.15, 0.2) is 52.6 Å². The van der Waals surface area contributed by atoms with E-state index >= 15 is 0 Å². The van der Waals surface area contributed by atoms with Crippen LogP contribution >= 0.6 is 11.6 Å². The number of amides is 1. The van der Waals surface area contributed by atoms with Gasteiger partial charge in [-0.2, -0.15) is 0 Å². The van der Waals surface area contributed by atoms with Crippen LogP contribution in [-0.4, -0.2) is 37.0 Å². The normalized spacial score (nSPS) is 17.7. The largest absolute Gasteiger partial charge is 0.399 e. The summed E-state index contributed by atoms with van der Waals surface area (Å²) in [7, 11) is 3.51. The Hall–Kier alpha value is -3.19. The predicted octanol–water partition coefficient (Wildman–Crippen LogP) is 3.35. The van der Waals surface area contributed by atoms with Crippen molar-refractivity contribution in [3.63, 3.8) is 0 Å². The number of nitrogen functional groups attached to an aromatic ring is 1. The summed E-state index contributed by atoms with van der Waals surface area (Å²) in [5.41, 5.74) is 11.6. The second kappa shape index (κ2) is 8.28. The maximum absolute atomic E-state index is 12.2. The number of nitrogens with one attached hydrogen (secondary N) is 3. The van der Waals surface area contributed by atoms with E-state index in [2.05, 4.69) is 22.0 Å². The van der Waals surface area contributed by atoms with E-state index in [0.717, 1.165) is 30.6 Å². The molecule has 1 aliphatic heterocycles. The Bertz CT molecular complexity index is 1050. The average Bonchev–Trinajstić information content (AvgIpc) is 3.20. The molecule has 156 valence electrons. The zero-order valence-electron chi connectivity index (χ0n) is 17.0. The molecule has 4 rings (SSSR count). The molecule has 0 bridgehead atoms. The first-order valence-corrected chi connectivity index (χ1v) is 10.3. The van der Waals surface area contributed by atoms with Gasteiger partial charge in [-0.25, -0.2) is 4.99 Å². The smallest absolute Gasteiger partial charge is 0.253 e. The van der Waals surface area contributed by atoms with E-state index in [1.807, 2.05) is 42.4 Å². The van der Waals surface area contributed by atoms with Crippen LogP contribution < -0.4 is 21.7 Å². The van der Waals surface area contributed by atoms with Crippen molar-refractivity contribution in [1.82, 2.24) is 10.2 Å². The van der Waals surface area contributed by atoms with Gasteiger partial charge in [-0.15, -0.1) is 0 Å². The molecule has 30 heavy (non-hydrogen) atoms. The molecule has 8 heteroatoms. The summed E-state index contributed by atoms with van der Waals surface area (Å²) in [5.74, 6) is 0.306. The quantitative estimate of drug-likeness (QED) is 0.564. The number of rotatable bonds is 4. The number of para-hydroxylation sites is 1. The molecule has 0 aromatic heterocycles. The zero-order chi connectivity index (χ0) is 21.3. The number of hydrogen-bond donors (Lipinski definition) is 4. The number of halogens is 1. The molecule has 1 unspecified atom stereocenters. The molecule has 0 saturated heterocycles. The van der Waals surface area contributed by atoms with Crippen LogP contribution in [0.5, 0.6) is 0 Å². The summed E-state index contributed by atoms with van der Waals surface area (Å²) in [5, 5.41) is 9.81. The van der Waals surface area contributed by atoms with Crippen LogP contribution in [-0.2, 0) is 12.8 Å². The third kappa shape index (κ3) is 3.93. The number of aryl methyl sites for hydroxylation is 1. The number of nitrogens with zero attached hydrogens (tertiary/aromatic N) is 2. The lowest BCUT2D eigenvalue weighted by Gasteiger charge is -2.31. The molecule has 1 aliphatic carbocycles. The fourth-order valence-corrected chi connectivity index (χ4v) is 4.11. The molecule has 1 heterocycles. The maximum Gasteiger partial charge on any atom is 0.253 e. The molecule has 2 aromatic rings. The molecule has 2 aliphatic rings. The highest BCUT2D eigenvalue weighted by Gasteiger charge is 2.24. The lowest BCUT2D eigenvalue weighted by Crippen LogP contribution is -2.39. The molecular formula is C22H25ClN6O. The Balaban J connectivity index is 1.62. The van der Waals surface area contributed by atoms with E-state index in [4.69, 9.17) is 22.3 Å². The molecule has 0 spiro atoms. The zero-order valence-corrected chi connectivity index (χ0v) is 17.8. The van der Waals surface area contributed by atoms with Crippen LogP contribution in [0.3, 0.4) is 0 Å². The first-order chi connectivity index (χ1) is 14.5. The third-order valence-corrected chi connectivity index (χ3v) is 5.63. The van der Waals surface area contributed by atoms with Gasteiger partial charge in [0.15, 0.2) is 6.29 Å². The second-order valence-corrected chi connectivity index (χ2v) is 7.85. The molecular weight excluding hydrogens is 400 g/mol. The van der Waals surface area contributed by atoms with Gasteiger partial charge in [0.25, 0.3) is 5.91 Å². The van der Waals surface area contributed by atoms with Crippen molar-refractivity contribution >= 4 is 40.4 Å². The van der Waals surface area contributed by atoms with Gasteiger partial charge in [0, 0.05) is 31.7 Å². The van der Waals surface area contributed by atoms with Crippen LogP contribution in [0.2, 0.25) is 0 Å². The molecule has 7 nitrogen and oxygen atoms in total. The van der Waals surface area contributed by atoms with Crippen LogP contribution in [0.4, 0.5) is 17.1 Å². The molecule has 0 radical (unpaired) electrons. The van der Waals surface area contributed by atoms with E-state index in [1.165, 1.54) is 11.1 Å². The SMILES string of the molecule is CNC(=O)c1ccccc1NC1=NC(Nc2cc(N)cc3c2CCC3)N(C)C=C1Cl. The van der Waals surface area contributed by atoms with Gasteiger partial charge in [-0.05, 0) is 54.7 Å². The summed E-state index contributed by atoms with van der Waals surface area (Å²) < 4.78 is 0. The van der Waals surface area contributed by atoms with Gasteiger partial charge >= 0.3 is 0 Å². The van der Waals surface area contributed by atoms with E-state index in [9.17, 15) is 4.79 Å². The minimum absolute atomic E-state index is 0.184. The molecule has 1 amide bonds. The van der Waals surface area contributed by atoms with Gasteiger partial charge in [0.1, 0.15) is 5.84 Å². The number of amidine groups is 1. The Kier molecular flexibility index (Phi) is 5.55. The Morgan fingerprint density at radius 3 is 2.83 bits per heavy atom. The summed E-state index contributed by atoms with van der Waals surface area (Å²) in [6, 6.07) is 11.3. The minimum atomic E-state index is -0.367. The van der Waals surface area contributed by atoms with Crippen LogP contribution in [0.25, 0.3) is 0 Å². The Morgan fingerprint density at radius 1 is 1.23 bits per heavy atom. The lowest BCUT2D eigenvalue weighted by molar-refractivity contribution is 0.0964. The molecule has 1 atom stereocenters. The van der Waals surface area contributed by atoms with Gasteiger partial charge in [0.05, 0.1) is 16.3 Å². The maximum atomic E-state index is 12.2. The van der Waals surface area contributed by atoms with Gasteiger partial charge in [-0.3, -0.25) is 4.79 Å². The van der Waals surface area contributed by atoms with Crippen molar-refractivity contribution in [2.24, 2.45) is 4.99 Å². The average molecular weight is 425 g/mol. The first kappa shape index (κ1) is 20.1. The van der Waals surface area contributed by atoms with Gasteiger partial charge in [0.2, 0.25) is 0 Å². The number of carbonyl (C=O) groups is 1. The fourth-order valence-electron chi connectivity index (χ4n) is 3.86. The molecule has 2 aromatic carbocycles. The van der Waals surface area contributed by atoms with E-state index < -0.39 is 0 Å². The number of hydrogen-bond acceptors (Lipinski definition) is 6. The highest BCUT2D eigenvalue weighted by molar-refractivity contribution is 6.45. The van der Waals surface area contributed by atoms with Crippen LogP contribution in [0, 0.1) is 0 Å². The number of nitrogens with two attached hydrogens (primary N) is 1. The van der Waals surface area contributed by atoms with Crippen molar-refractivity contribution in [2.75, 3.05) is 30.5 Å². The summed E-state index contributed by atoms with van der Waals surface area (Å²) in [6.45, 7) is 0. The van der Waals surface area contributed by atoms with E-state index in [1.54, 1.807) is 13.1 Å². The number of benzene rings is 2. The van der Waals surface area contributed by atoms with E-state index in [-0.39, 0.29) is 12.2 Å². The Morgan fingerprint density at radius 2 is 2.03 bits per heavy atom. The highest BCUT2D eigenvalue weighted by Crippen LogP contribution is 2.33. The monoisotopic (exact) mass is 424 g/mol. The second-order valence-electron chi connectivity index (χ2n) is 7.45. The lowest BCUT2D eigenvalue weighted by atomic mass is 10.1. The first-order valence-electron chi connectivity index (χ1n) is 9.89. The highest BCUT2D eigenvalue weighted by atomic mass is 35.5. The van der Waals surface area contributed by atoms with Crippen molar-refractivity contribution in [2.45, 2.75) is 25.6 Å². The fraction of sp³-hybridized carbons (Fsp3) is 0.273. The summed E-state index contributed by atoms with van der Waals surface area (Å²) in [6.07, 6.45) is 4.65. The molecule has 5 N–H and O–H groups in total. The standard InChI is InChI=1S/C22H25ClN6O/c1-25-21(30)16-7-3-4-9-18(16)26-20-17(23)12-29(2)22(28-20)27-19-11-14(24)10-13-6-5-8-15(13)19/h3-4,7,9-12,22,27H,5-6,8,24H2,1-2H3,(H,25,30)(H,26,28). The number of fused-ring (bicyclic) bond motifs is 1. The minimum Gasteiger partial charge on any atom is -0.399 e. The van der Waals surface area contributed by atoms with E-state index in [0.29, 0.717) is 22.1 Å². The number of anilines is 3. The van der Waals surface area contributed by atoms with Gasteiger partial charge in [-0.1, -0.05) is 23.7 Å². The van der Waals surface area contributed by atoms with Crippen molar-refractivity contribution in [3.05, 3.63) is 64.3 Å².